The lowest BCUT2D eigenvalue weighted by Gasteiger charge is -2.17. The van der Waals surface area contributed by atoms with E-state index in [4.69, 9.17) is 5.11 Å². The number of carbonyl (C=O) groups is 2. The van der Waals surface area contributed by atoms with Crippen LogP contribution in [0.25, 0.3) is 0 Å². The Morgan fingerprint density at radius 3 is 2.50 bits per heavy atom. The van der Waals surface area contributed by atoms with Gasteiger partial charge in [0.05, 0.1) is 6.54 Å². The summed E-state index contributed by atoms with van der Waals surface area (Å²) in [5, 5.41) is 11.3. The first-order valence-corrected chi connectivity index (χ1v) is 5.59. The summed E-state index contributed by atoms with van der Waals surface area (Å²) in [7, 11) is 1.59. The van der Waals surface area contributed by atoms with Crippen LogP contribution in [0.2, 0.25) is 0 Å². The Bertz CT molecular complexity index is 229. The van der Waals surface area contributed by atoms with Crippen molar-refractivity contribution in [2.24, 2.45) is 5.92 Å². The molecule has 0 unspecified atom stereocenters. The first-order valence-electron chi connectivity index (χ1n) is 5.59. The van der Waals surface area contributed by atoms with Crippen LogP contribution < -0.4 is 5.32 Å². The summed E-state index contributed by atoms with van der Waals surface area (Å²) >= 11 is 0. The Morgan fingerprint density at radius 2 is 2.00 bits per heavy atom. The van der Waals surface area contributed by atoms with Crippen molar-refractivity contribution in [3.63, 3.8) is 0 Å². The Hall–Kier alpha value is -1.10. The fourth-order valence-electron chi connectivity index (χ4n) is 1.10. The van der Waals surface area contributed by atoms with E-state index in [9.17, 15) is 9.59 Å². The van der Waals surface area contributed by atoms with Gasteiger partial charge in [0.1, 0.15) is 0 Å². The highest BCUT2D eigenvalue weighted by Crippen LogP contribution is 1.95. The second-order valence-corrected chi connectivity index (χ2v) is 4.27. The molecule has 2 N–H and O–H groups in total. The third-order valence-corrected chi connectivity index (χ3v) is 2.06. The number of carbonyl (C=O) groups excluding carboxylic acids is 2. The van der Waals surface area contributed by atoms with E-state index >= 15 is 0 Å². The molecule has 0 saturated carbocycles. The molecule has 0 radical (unpaired) electrons. The number of nitrogens with one attached hydrogen (secondary N) is 1. The Morgan fingerprint density at radius 1 is 1.38 bits per heavy atom. The van der Waals surface area contributed by atoms with Crippen LogP contribution in [-0.2, 0) is 9.59 Å². The van der Waals surface area contributed by atoms with Gasteiger partial charge in [-0.3, -0.25) is 9.59 Å². The van der Waals surface area contributed by atoms with Crippen LogP contribution in [0.3, 0.4) is 0 Å². The van der Waals surface area contributed by atoms with Crippen LogP contribution in [0.5, 0.6) is 0 Å². The molecule has 5 heteroatoms. The fraction of sp³-hybridized carbons (Fsp3) is 0.818. The van der Waals surface area contributed by atoms with E-state index in [0.717, 1.165) is 0 Å². The predicted molar refractivity (Wildman–Crippen MR) is 61.8 cm³/mol. The van der Waals surface area contributed by atoms with E-state index in [0.29, 0.717) is 18.9 Å². The minimum absolute atomic E-state index is 0.000867. The molecule has 0 spiro atoms. The van der Waals surface area contributed by atoms with Crippen molar-refractivity contribution in [3.8, 4) is 0 Å². The first-order chi connectivity index (χ1) is 7.47. The van der Waals surface area contributed by atoms with Crippen LogP contribution in [0.15, 0.2) is 0 Å². The molecular weight excluding hydrogens is 208 g/mol. The average Bonchev–Trinajstić information content (AvgIpc) is 2.22. The zero-order valence-electron chi connectivity index (χ0n) is 10.3. The van der Waals surface area contributed by atoms with Crippen molar-refractivity contribution in [1.82, 2.24) is 10.2 Å². The molecule has 5 nitrogen and oxygen atoms in total. The maximum Gasteiger partial charge on any atom is 0.239 e. The molecule has 0 saturated heterocycles. The van der Waals surface area contributed by atoms with E-state index in [1.165, 1.54) is 4.90 Å². The molecule has 16 heavy (non-hydrogen) atoms. The molecule has 2 amide bonds. The highest BCUT2D eigenvalue weighted by molar-refractivity contribution is 5.84. The van der Waals surface area contributed by atoms with Gasteiger partial charge in [-0.15, -0.1) is 0 Å². The molecule has 0 bridgehead atoms. The lowest BCUT2D eigenvalue weighted by atomic mass is 10.2. The van der Waals surface area contributed by atoms with E-state index < -0.39 is 0 Å². The van der Waals surface area contributed by atoms with Gasteiger partial charge in [0.2, 0.25) is 11.8 Å². The fourth-order valence-corrected chi connectivity index (χ4v) is 1.10. The maximum atomic E-state index is 11.4. The van der Waals surface area contributed by atoms with Crippen LogP contribution in [0.4, 0.5) is 0 Å². The molecule has 0 aromatic heterocycles. The lowest BCUT2D eigenvalue weighted by molar-refractivity contribution is -0.134. The zero-order valence-corrected chi connectivity index (χ0v) is 10.3. The standard InChI is InChI=1S/C11H22N2O3/c1-9(2)7-12-10(15)8-13(3)11(16)5-4-6-14/h9,14H,4-8H2,1-3H3,(H,12,15). The van der Waals surface area contributed by atoms with Gasteiger partial charge in [-0.1, -0.05) is 13.8 Å². The molecule has 0 rings (SSSR count). The summed E-state index contributed by atoms with van der Waals surface area (Å²) < 4.78 is 0. The molecule has 0 fully saturated rings. The molecule has 0 aromatic rings. The summed E-state index contributed by atoms with van der Waals surface area (Å²) in [6, 6.07) is 0. The number of likely N-dealkylation sites (N-methyl/N-ethyl adjacent to an activating group) is 1. The van der Waals surface area contributed by atoms with Gasteiger partial charge in [-0.2, -0.15) is 0 Å². The predicted octanol–water partition coefficient (Wildman–Crippen LogP) is -0.0105. The highest BCUT2D eigenvalue weighted by Gasteiger charge is 2.12. The molecule has 0 atom stereocenters. The summed E-state index contributed by atoms with van der Waals surface area (Å²) in [4.78, 5) is 24.2. The summed E-state index contributed by atoms with van der Waals surface area (Å²) in [6.07, 6.45) is 0.723. The molecule has 0 aliphatic heterocycles. The van der Waals surface area contributed by atoms with Crippen molar-refractivity contribution in [2.45, 2.75) is 26.7 Å². The largest absolute Gasteiger partial charge is 0.396 e. The third-order valence-electron chi connectivity index (χ3n) is 2.06. The Kier molecular flexibility index (Phi) is 7.54. The molecule has 94 valence electrons. The third kappa shape index (κ3) is 7.23. The van der Waals surface area contributed by atoms with Crippen molar-refractivity contribution >= 4 is 11.8 Å². The van der Waals surface area contributed by atoms with Gasteiger partial charge >= 0.3 is 0 Å². The number of hydrogen-bond donors (Lipinski definition) is 2. The summed E-state index contributed by atoms with van der Waals surface area (Å²) in [5.41, 5.74) is 0. The SMILES string of the molecule is CC(C)CNC(=O)CN(C)C(=O)CCCO. The molecule has 0 heterocycles. The number of amides is 2. The van der Waals surface area contributed by atoms with Crippen LogP contribution in [0, 0.1) is 5.92 Å². The van der Waals surface area contributed by atoms with Gasteiger partial charge in [-0.25, -0.2) is 0 Å². The summed E-state index contributed by atoms with van der Waals surface area (Å²) in [5.74, 6) is 0.140. The molecule has 0 aliphatic rings. The van der Waals surface area contributed by atoms with Crippen molar-refractivity contribution < 1.29 is 14.7 Å². The first kappa shape index (κ1) is 14.9. The number of rotatable bonds is 7. The van der Waals surface area contributed by atoms with Crippen LogP contribution >= 0.6 is 0 Å². The summed E-state index contributed by atoms with van der Waals surface area (Å²) in [6.45, 7) is 4.72. The minimum Gasteiger partial charge on any atom is -0.396 e. The molecular formula is C11H22N2O3. The Labute approximate surface area is 96.8 Å². The van der Waals surface area contributed by atoms with Gasteiger partial charge < -0.3 is 15.3 Å². The van der Waals surface area contributed by atoms with Crippen molar-refractivity contribution in [3.05, 3.63) is 0 Å². The molecule has 0 aromatic carbocycles. The second-order valence-electron chi connectivity index (χ2n) is 4.27. The maximum absolute atomic E-state index is 11.4. The van der Waals surface area contributed by atoms with Crippen LogP contribution in [0.1, 0.15) is 26.7 Å². The van der Waals surface area contributed by atoms with Gasteiger partial charge in [0.15, 0.2) is 0 Å². The highest BCUT2D eigenvalue weighted by atomic mass is 16.3. The number of aliphatic hydroxyl groups is 1. The smallest absolute Gasteiger partial charge is 0.239 e. The van der Waals surface area contributed by atoms with Gasteiger partial charge in [-0.05, 0) is 12.3 Å². The van der Waals surface area contributed by atoms with E-state index in [1.54, 1.807) is 7.05 Å². The lowest BCUT2D eigenvalue weighted by Crippen LogP contribution is -2.39. The Balaban J connectivity index is 3.80. The number of aliphatic hydroxyl groups excluding tert-OH is 1. The van der Waals surface area contributed by atoms with E-state index in [1.807, 2.05) is 13.8 Å². The zero-order chi connectivity index (χ0) is 12.6. The number of hydrogen-bond acceptors (Lipinski definition) is 3. The van der Waals surface area contributed by atoms with Crippen molar-refractivity contribution in [2.75, 3.05) is 26.7 Å². The average molecular weight is 230 g/mol. The second kappa shape index (κ2) is 8.10. The van der Waals surface area contributed by atoms with Gasteiger partial charge in [0, 0.05) is 26.6 Å². The minimum atomic E-state index is -0.145. The van der Waals surface area contributed by atoms with E-state index in [-0.39, 0.29) is 31.4 Å². The van der Waals surface area contributed by atoms with Crippen LogP contribution in [-0.4, -0.2) is 48.6 Å². The number of nitrogens with zero attached hydrogens (tertiary/aromatic N) is 1. The van der Waals surface area contributed by atoms with Gasteiger partial charge in [0.25, 0.3) is 0 Å². The molecule has 0 aliphatic carbocycles. The quantitative estimate of drug-likeness (QED) is 0.646. The van der Waals surface area contributed by atoms with E-state index in [2.05, 4.69) is 5.32 Å². The monoisotopic (exact) mass is 230 g/mol. The normalized spacial score (nSPS) is 10.3. The topological polar surface area (TPSA) is 69.6 Å². The van der Waals surface area contributed by atoms with Crippen molar-refractivity contribution in [1.29, 1.82) is 0 Å².